The number of hydrogen-bond donors (Lipinski definition) is 3. The molecule has 1 atom stereocenters. The standard InChI is InChI=1S/C20H21N3O3/c21-19(25)15-6-3-4-13(10-15)12-22-18(24)9-8-16-11-14-5-1-2-7-17(14)23-20(16)26/h1-7,10,16H,8-9,11-12H2,(H2,21,25)(H,22,24)(H,23,26). The topological polar surface area (TPSA) is 101 Å². The highest BCUT2D eigenvalue weighted by atomic mass is 16.2. The number of carbonyl (C=O) groups is 3. The van der Waals surface area contributed by atoms with E-state index in [-0.39, 0.29) is 24.2 Å². The van der Waals surface area contributed by atoms with Crippen LogP contribution in [0.5, 0.6) is 0 Å². The van der Waals surface area contributed by atoms with E-state index in [1.807, 2.05) is 30.3 Å². The molecule has 0 aliphatic carbocycles. The van der Waals surface area contributed by atoms with Crippen molar-refractivity contribution < 1.29 is 14.4 Å². The number of fused-ring (bicyclic) bond motifs is 1. The number of para-hydroxylation sites is 1. The maximum absolute atomic E-state index is 12.2. The van der Waals surface area contributed by atoms with Crippen LogP contribution in [-0.2, 0) is 22.6 Å². The molecule has 6 nitrogen and oxygen atoms in total. The van der Waals surface area contributed by atoms with E-state index in [1.54, 1.807) is 18.2 Å². The lowest BCUT2D eigenvalue weighted by molar-refractivity contribution is -0.122. The van der Waals surface area contributed by atoms with Crippen LogP contribution in [-0.4, -0.2) is 17.7 Å². The number of hydrogen-bond acceptors (Lipinski definition) is 3. The van der Waals surface area contributed by atoms with Gasteiger partial charge in [0.25, 0.3) is 0 Å². The van der Waals surface area contributed by atoms with Gasteiger partial charge in [0.2, 0.25) is 17.7 Å². The Morgan fingerprint density at radius 3 is 2.77 bits per heavy atom. The fourth-order valence-electron chi connectivity index (χ4n) is 3.08. The molecule has 0 radical (unpaired) electrons. The second-order valence-corrected chi connectivity index (χ2v) is 6.43. The summed E-state index contributed by atoms with van der Waals surface area (Å²) < 4.78 is 0. The van der Waals surface area contributed by atoms with Gasteiger partial charge in [-0.3, -0.25) is 14.4 Å². The smallest absolute Gasteiger partial charge is 0.248 e. The lowest BCUT2D eigenvalue weighted by Crippen LogP contribution is -2.31. The van der Waals surface area contributed by atoms with Crippen molar-refractivity contribution in [3.05, 3.63) is 65.2 Å². The molecule has 0 aromatic heterocycles. The van der Waals surface area contributed by atoms with E-state index in [4.69, 9.17) is 5.73 Å². The van der Waals surface area contributed by atoms with Gasteiger partial charge < -0.3 is 16.4 Å². The van der Waals surface area contributed by atoms with Gasteiger partial charge in [0, 0.05) is 30.1 Å². The van der Waals surface area contributed by atoms with E-state index in [0.29, 0.717) is 24.9 Å². The molecular weight excluding hydrogens is 330 g/mol. The van der Waals surface area contributed by atoms with Crippen LogP contribution < -0.4 is 16.4 Å². The van der Waals surface area contributed by atoms with Crippen molar-refractivity contribution >= 4 is 23.4 Å². The van der Waals surface area contributed by atoms with E-state index in [1.165, 1.54) is 0 Å². The Bertz CT molecular complexity index is 848. The molecule has 0 spiro atoms. The molecule has 3 rings (SSSR count). The number of nitrogens with one attached hydrogen (secondary N) is 2. The fourth-order valence-corrected chi connectivity index (χ4v) is 3.08. The van der Waals surface area contributed by atoms with Crippen LogP contribution in [0.25, 0.3) is 0 Å². The number of nitrogens with two attached hydrogens (primary N) is 1. The first-order valence-electron chi connectivity index (χ1n) is 8.57. The predicted octanol–water partition coefficient (Wildman–Crippen LogP) is 1.99. The molecule has 0 saturated heterocycles. The number of benzene rings is 2. The van der Waals surface area contributed by atoms with Gasteiger partial charge in [-0.25, -0.2) is 0 Å². The monoisotopic (exact) mass is 351 g/mol. The average Bonchev–Trinajstić information content (AvgIpc) is 2.65. The summed E-state index contributed by atoms with van der Waals surface area (Å²) in [4.78, 5) is 35.4. The van der Waals surface area contributed by atoms with Gasteiger partial charge in [-0.05, 0) is 42.2 Å². The maximum atomic E-state index is 12.2. The zero-order valence-electron chi connectivity index (χ0n) is 14.3. The summed E-state index contributed by atoms with van der Waals surface area (Å²) in [6.45, 7) is 0.319. The lowest BCUT2D eigenvalue weighted by Gasteiger charge is -2.24. The molecular formula is C20H21N3O3. The summed E-state index contributed by atoms with van der Waals surface area (Å²) in [5.74, 6) is -0.859. The van der Waals surface area contributed by atoms with Gasteiger partial charge in [-0.15, -0.1) is 0 Å². The van der Waals surface area contributed by atoms with Gasteiger partial charge in [0.05, 0.1) is 0 Å². The fraction of sp³-hybridized carbons (Fsp3) is 0.250. The van der Waals surface area contributed by atoms with Crippen molar-refractivity contribution in [1.82, 2.24) is 5.32 Å². The summed E-state index contributed by atoms with van der Waals surface area (Å²) in [6.07, 6.45) is 1.42. The summed E-state index contributed by atoms with van der Waals surface area (Å²) in [7, 11) is 0. The Morgan fingerprint density at radius 2 is 1.96 bits per heavy atom. The van der Waals surface area contributed by atoms with Gasteiger partial charge in [0.1, 0.15) is 0 Å². The van der Waals surface area contributed by atoms with Crippen LogP contribution in [0.3, 0.4) is 0 Å². The zero-order valence-corrected chi connectivity index (χ0v) is 14.3. The molecule has 26 heavy (non-hydrogen) atoms. The third-order valence-electron chi connectivity index (χ3n) is 4.53. The van der Waals surface area contributed by atoms with Crippen molar-refractivity contribution in [2.24, 2.45) is 11.7 Å². The van der Waals surface area contributed by atoms with Crippen molar-refractivity contribution in [3.63, 3.8) is 0 Å². The molecule has 0 bridgehead atoms. The Hall–Kier alpha value is -3.15. The average molecular weight is 351 g/mol. The van der Waals surface area contributed by atoms with E-state index in [2.05, 4.69) is 10.6 Å². The quantitative estimate of drug-likeness (QED) is 0.742. The van der Waals surface area contributed by atoms with Crippen LogP contribution >= 0.6 is 0 Å². The molecule has 1 unspecified atom stereocenters. The second-order valence-electron chi connectivity index (χ2n) is 6.43. The SMILES string of the molecule is NC(=O)c1cccc(CNC(=O)CCC2Cc3ccccc3NC2=O)c1. The maximum Gasteiger partial charge on any atom is 0.248 e. The van der Waals surface area contributed by atoms with Crippen LogP contribution in [0.4, 0.5) is 5.69 Å². The molecule has 0 fully saturated rings. The highest BCUT2D eigenvalue weighted by molar-refractivity contribution is 5.96. The van der Waals surface area contributed by atoms with Crippen molar-refractivity contribution in [2.45, 2.75) is 25.8 Å². The summed E-state index contributed by atoms with van der Waals surface area (Å²) in [5.41, 5.74) is 8.42. The first kappa shape index (κ1) is 17.7. The van der Waals surface area contributed by atoms with E-state index in [0.717, 1.165) is 16.8 Å². The number of primary amides is 1. The van der Waals surface area contributed by atoms with Gasteiger partial charge >= 0.3 is 0 Å². The first-order chi connectivity index (χ1) is 12.5. The first-order valence-corrected chi connectivity index (χ1v) is 8.57. The molecule has 2 aromatic rings. The van der Waals surface area contributed by atoms with Gasteiger partial charge in [-0.2, -0.15) is 0 Å². The largest absolute Gasteiger partial charge is 0.366 e. The van der Waals surface area contributed by atoms with Crippen molar-refractivity contribution in [2.75, 3.05) is 5.32 Å². The molecule has 1 aliphatic heterocycles. The van der Waals surface area contributed by atoms with E-state index >= 15 is 0 Å². The highest BCUT2D eigenvalue weighted by Crippen LogP contribution is 2.27. The Kier molecular flexibility index (Phi) is 5.31. The van der Waals surface area contributed by atoms with Crippen molar-refractivity contribution in [1.29, 1.82) is 0 Å². The minimum Gasteiger partial charge on any atom is -0.366 e. The molecule has 6 heteroatoms. The number of amides is 3. The van der Waals surface area contributed by atoms with Crippen LogP contribution in [0.2, 0.25) is 0 Å². The summed E-state index contributed by atoms with van der Waals surface area (Å²) in [6, 6.07) is 14.6. The third-order valence-corrected chi connectivity index (χ3v) is 4.53. The molecule has 0 saturated carbocycles. The summed E-state index contributed by atoms with van der Waals surface area (Å²) in [5, 5.41) is 5.71. The molecule has 2 aromatic carbocycles. The summed E-state index contributed by atoms with van der Waals surface area (Å²) >= 11 is 0. The Balaban J connectivity index is 1.49. The van der Waals surface area contributed by atoms with Gasteiger partial charge in [-0.1, -0.05) is 30.3 Å². The number of anilines is 1. The van der Waals surface area contributed by atoms with Crippen LogP contribution in [0, 0.1) is 5.92 Å². The Labute approximate surface area is 151 Å². The molecule has 134 valence electrons. The lowest BCUT2D eigenvalue weighted by atomic mass is 9.89. The van der Waals surface area contributed by atoms with Gasteiger partial charge in [0.15, 0.2) is 0 Å². The van der Waals surface area contributed by atoms with Crippen LogP contribution in [0.1, 0.15) is 34.3 Å². The van der Waals surface area contributed by atoms with E-state index < -0.39 is 5.91 Å². The normalized spacial score (nSPS) is 15.7. The predicted molar refractivity (Wildman–Crippen MR) is 98.3 cm³/mol. The number of carbonyl (C=O) groups excluding carboxylic acids is 3. The minimum atomic E-state index is -0.498. The minimum absolute atomic E-state index is 0.0364. The molecule has 1 aliphatic rings. The Morgan fingerprint density at radius 1 is 1.15 bits per heavy atom. The highest BCUT2D eigenvalue weighted by Gasteiger charge is 2.26. The molecule has 3 amide bonds. The molecule has 4 N–H and O–H groups in total. The zero-order chi connectivity index (χ0) is 18.5. The van der Waals surface area contributed by atoms with Crippen LogP contribution in [0.15, 0.2) is 48.5 Å². The second kappa shape index (κ2) is 7.82. The van der Waals surface area contributed by atoms with Crippen molar-refractivity contribution in [3.8, 4) is 0 Å². The van der Waals surface area contributed by atoms with E-state index in [9.17, 15) is 14.4 Å². The number of rotatable bonds is 6. The molecule has 1 heterocycles. The third kappa shape index (κ3) is 4.27.